The highest BCUT2D eigenvalue weighted by atomic mass is 19.4. The molecule has 0 bridgehead atoms. The van der Waals surface area contributed by atoms with E-state index in [1.165, 1.54) is 23.1 Å². The number of alkyl halides is 3. The summed E-state index contributed by atoms with van der Waals surface area (Å²) in [4.78, 5) is 24.0. The molecule has 1 rings (SSSR count). The van der Waals surface area contributed by atoms with Crippen LogP contribution in [0.25, 0.3) is 0 Å². The Morgan fingerprint density at radius 2 is 1.86 bits per heavy atom. The average molecular weight is 303 g/mol. The predicted octanol–water partition coefficient (Wildman–Crippen LogP) is 1.45. The van der Waals surface area contributed by atoms with Crippen LogP contribution in [0.3, 0.4) is 0 Å². The zero-order valence-electron chi connectivity index (χ0n) is 11.4. The third-order valence-corrected chi connectivity index (χ3v) is 2.70. The number of amides is 2. The fraction of sp³-hybridized carbons (Fsp3) is 0.385. The maximum atomic E-state index is 12.8. The highest BCUT2D eigenvalue weighted by Gasteiger charge is 2.33. The van der Waals surface area contributed by atoms with Crippen molar-refractivity contribution < 1.29 is 22.8 Å². The van der Waals surface area contributed by atoms with E-state index in [2.05, 4.69) is 5.32 Å². The highest BCUT2D eigenvalue weighted by Crippen LogP contribution is 2.34. The van der Waals surface area contributed by atoms with Crippen LogP contribution in [0.5, 0.6) is 0 Å². The van der Waals surface area contributed by atoms with Gasteiger partial charge >= 0.3 is 6.18 Å². The topological polar surface area (TPSA) is 75.4 Å². The summed E-state index contributed by atoms with van der Waals surface area (Å²) in [7, 11) is 0. The van der Waals surface area contributed by atoms with Crippen LogP contribution in [-0.4, -0.2) is 36.3 Å². The molecule has 0 fully saturated rings. The number of hydrogen-bond acceptors (Lipinski definition) is 3. The predicted molar refractivity (Wildman–Crippen MR) is 71.4 cm³/mol. The standard InChI is InChI=1S/C13H16F3N3O2/c1-2-19(7-11(17)20)8-12(21)18-10-6-4-3-5-9(10)13(14,15)16/h3-6H,2,7-8H2,1H3,(H2,17,20)(H,18,21). The van der Waals surface area contributed by atoms with Gasteiger partial charge < -0.3 is 11.1 Å². The number of benzene rings is 1. The normalized spacial score (nSPS) is 11.5. The summed E-state index contributed by atoms with van der Waals surface area (Å²) in [5.74, 6) is -1.25. The molecule has 0 atom stereocenters. The minimum atomic E-state index is -4.55. The monoisotopic (exact) mass is 303 g/mol. The Morgan fingerprint density at radius 1 is 1.24 bits per heavy atom. The summed E-state index contributed by atoms with van der Waals surface area (Å²) in [5.41, 5.74) is 3.78. The fourth-order valence-electron chi connectivity index (χ4n) is 1.73. The zero-order valence-corrected chi connectivity index (χ0v) is 11.4. The van der Waals surface area contributed by atoms with Crippen molar-refractivity contribution in [1.29, 1.82) is 0 Å². The minimum absolute atomic E-state index is 0.134. The number of carbonyl (C=O) groups is 2. The third kappa shape index (κ3) is 5.42. The Balaban J connectivity index is 2.77. The van der Waals surface area contributed by atoms with E-state index in [1.807, 2.05) is 0 Å². The Labute approximate surface area is 119 Å². The summed E-state index contributed by atoms with van der Waals surface area (Å²) in [5, 5.41) is 2.20. The van der Waals surface area contributed by atoms with E-state index in [0.717, 1.165) is 6.07 Å². The maximum absolute atomic E-state index is 12.8. The number of halogens is 3. The molecule has 0 saturated carbocycles. The molecule has 0 unspecified atom stereocenters. The van der Waals surface area contributed by atoms with E-state index in [-0.39, 0.29) is 18.8 Å². The van der Waals surface area contributed by atoms with Gasteiger partial charge in [0.1, 0.15) is 0 Å². The van der Waals surface area contributed by atoms with E-state index >= 15 is 0 Å². The molecule has 2 amide bonds. The first-order chi connectivity index (χ1) is 9.74. The van der Waals surface area contributed by atoms with Crippen molar-refractivity contribution >= 4 is 17.5 Å². The van der Waals surface area contributed by atoms with E-state index in [1.54, 1.807) is 6.92 Å². The lowest BCUT2D eigenvalue weighted by Gasteiger charge is -2.19. The van der Waals surface area contributed by atoms with Gasteiger partial charge in [-0.2, -0.15) is 13.2 Å². The molecule has 1 aromatic carbocycles. The van der Waals surface area contributed by atoms with Crippen molar-refractivity contribution in [3.8, 4) is 0 Å². The quantitative estimate of drug-likeness (QED) is 0.835. The number of para-hydroxylation sites is 1. The molecular weight excluding hydrogens is 287 g/mol. The second kappa shape index (κ2) is 7.07. The SMILES string of the molecule is CCN(CC(N)=O)CC(=O)Nc1ccccc1C(F)(F)F. The molecule has 0 aliphatic carbocycles. The molecule has 21 heavy (non-hydrogen) atoms. The van der Waals surface area contributed by atoms with Gasteiger partial charge in [-0.25, -0.2) is 0 Å². The van der Waals surface area contributed by atoms with Crippen LogP contribution in [0.2, 0.25) is 0 Å². The number of nitrogens with one attached hydrogen (secondary N) is 1. The number of carbonyl (C=O) groups excluding carboxylic acids is 2. The van der Waals surface area contributed by atoms with Crippen LogP contribution in [0, 0.1) is 0 Å². The molecule has 0 radical (unpaired) electrons. The molecule has 116 valence electrons. The van der Waals surface area contributed by atoms with Crippen molar-refractivity contribution in [3.05, 3.63) is 29.8 Å². The number of primary amides is 1. The largest absolute Gasteiger partial charge is 0.418 e. The van der Waals surface area contributed by atoms with Crippen molar-refractivity contribution in [2.45, 2.75) is 13.1 Å². The first kappa shape index (κ1) is 17.0. The van der Waals surface area contributed by atoms with Gasteiger partial charge in [-0.3, -0.25) is 14.5 Å². The third-order valence-electron chi connectivity index (χ3n) is 2.70. The van der Waals surface area contributed by atoms with Gasteiger partial charge in [0.2, 0.25) is 11.8 Å². The molecule has 0 heterocycles. The maximum Gasteiger partial charge on any atom is 0.418 e. The number of nitrogens with zero attached hydrogens (tertiary/aromatic N) is 1. The first-order valence-corrected chi connectivity index (χ1v) is 6.20. The minimum Gasteiger partial charge on any atom is -0.369 e. The van der Waals surface area contributed by atoms with E-state index in [4.69, 9.17) is 5.73 Å². The molecule has 0 saturated heterocycles. The van der Waals surface area contributed by atoms with Crippen LogP contribution < -0.4 is 11.1 Å². The Bertz CT molecular complexity index is 518. The summed E-state index contributed by atoms with van der Waals surface area (Å²) >= 11 is 0. The van der Waals surface area contributed by atoms with Gasteiger partial charge in [0.05, 0.1) is 24.3 Å². The number of nitrogens with two attached hydrogens (primary N) is 1. The number of hydrogen-bond donors (Lipinski definition) is 2. The highest BCUT2D eigenvalue weighted by molar-refractivity contribution is 5.93. The molecule has 0 aliphatic rings. The molecule has 0 aromatic heterocycles. The van der Waals surface area contributed by atoms with Gasteiger partial charge in [-0.1, -0.05) is 19.1 Å². The van der Waals surface area contributed by atoms with Gasteiger partial charge in [0.25, 0.3) is 0 Å². The smallest absolute Gasteiger partial charge is 0.369 e. The van der Waals surface area contributed by atoms with Crippen LogP contribution in [-0.2, 0) is 15.8 Å². The fourth-order valence-corrected chi connectivity index (χ4v) is 1.73. The van der Waals surface area contributed by atoms with E-state index in [0.29, 0.717) is 6.54 Å². The van der Waals surface area contributed by atoms with Crippen LogP contribution in [0.15, 0.2) is 24.3 Å². The molecular formula is C13H16F3N3O2. The summed E-state index contributed by atoms with van der Waals surface area (Å²) < 4.78 is 38.3. The number of rotatable bonds is 6. The lowest BCUT2D eigenvalue weighted by Crippen LogP contribution is -2.39. The average Bonchev–Trinajstić information content (AvgIpc) is 2.36. The van der Waals surface area contributed by atoms with Gasteiger partial charge in [0, 0.05) is 0 Å². The van der Waals surface area contributed by atoms with Crippen molar-refractivity contribution in [3.63, 3.8) is 0 Å². The molecule has 0 aliphatic heterocycles. The van der Waals surface area contributed by atoms with Gasteiger partial charge in [0.15, 0.2) is 0 Å². The van der Waals surface area contributed by atoms with Gasteiger partial charge in [-0.15, -0.1) is 0 Å². The number of likely N-dealkylation sites (N-methyl/N-ethyl adjacent to an activating group) is 1. The molecule has 8 heteroatoms. The number of anilines is 1. The Morgan fingerprint density at radius 3 is 2.38 bits per heavy atom. The van der Waals surface area contributed by atoms with E-state index in [9.17, 15) is 22.8 Å². The summed E-state index contributed by atoms with van der Waals surface area (Å²) in [6, 6.07) is 4.69. The van der Waals surface area contributed by atoms with Crippen molar-refractivity contribution in [2.75, 3.05) is 25.0 Å². The van der Waals surface area contributed by atoms with Crippen LogP contribution in [0.4, 0.5) is 18.9 Å². The lowest BCUT2D eigenvalue weighted by atomic mass is 10.1. The van der Waals surface area contributed by atoms with Gasteiger partial charge in [-0.05, 0) is 18.7 Å². The zero-order chi connectivity index (χ0) is 16.0. The van der Waals surface area contributed by atoms with E-state index < -0.39 is 23.6 Å². The first-order valence-electron chi connectivity index (χ1n) is 6.20. The molecule has 1 aromatic rings. The summed E-state index contributed by atoms with van der Waals surface area (Å²) in [6.07, 6.45) is -4.55. The van der Waals surface area contributed by atoms with Crippen LogP contribution in [0.1, 0.15) is 12.5 Å². The second-order valence-corrected chi connectivity index (χ2v) is 4.36. The molecule has 5 nitrogen and oxygen atoms in total. The Hall–Kier alpha value is -2.09. The Kier molecular flexibility index (Phi) is 5.71. The second-order valence-electron chi connectivity index (χ2n) is 4.36. The molecule has 0 spiro atoms. The van der Waals surface area contributed by atoms with Crippen LogP contribution >= 0.6 is 0 Å². The summed E-state index contributed by atoms with van der Waals surface area (Å²) in [6.45, 7) is 1.73. The van der Waals surface area contributed by atoms with Crippen molar-refractivity contribution in [2.24, 2.45) is 5.73 Å². The lowest BCUT2D eigenvalue weighted by molar-refractivity contribution is -0.137. The molecule has 3 N–H and O–H groups in total. The van der Waals surface area contributed by atoms with Crippen molar-refractivity contribution in [1.82, 2.24) is 4.90 Å².